The van der Waals surface area contributed by atoms with Crippen LogP contribution in [0.1, 0.15) is 25.5 Å². The number of nitrogen functional groups attached to an aromatic ring is 1. The maximum atomic E-state index is 5.69. The molecule has 0 atom stereocenters. The fourth-order valence-electron chi connectivity index (χ4n) is 1.36. The Balaban J connectivity index is 1.99. The van der Waals surface area contributed by atoms with Crippen molar-refractivity contribution in [2.75, 3.05) is 17.6 Å². The summed E-state index contributed by atoms with van der Waals surface area (Å²) in [6.45, 7) is 5.24. The molecule has 0 bridgehead atoms. The number of nitrogens with zero attached hydrogens (tertiary/aromatic N) is 1. The normalized spacial score (nSPS) is 17.9. The number of anilines is 2. The van der Waals surface area contributed by atoms with Crippen molar-refractivity contribution in [2.24, 2.45) is 5.41 Å². The van der Waals surface area contributed by atoms with E-state index in [-0.39, 0.29) is 0 Å². The molecule has 14 heavy (non-hydrogen) atoms. The van der Waals surface area contributed by atoms with Crippen LogP contribution in [0.2, 0.25) is 0 Å². The second kappa shape index (κ2) is 3.15. The molecule has 1 fully saturated rings. The summed E-state index contributed by atoms with van der Waals surface area (Å²) in [6.07, 6.45) is 2.65. The van der Waals surface area contributed by atoms with Crippen molar-refractivity contribution in [3.63, 3.8) is 0 Å². The lowest BCUT2D eigenvalue weighted by Crippen LogP contribution is -2.13. The van der Waals surface area contributed by atoms with E-state index in [2.05, 4.69) is 17.2 Å². The highest BCUT2D eigenvalue weighted by Crippen LogP contribution is 2.44. The van der Waals surface area contributed by atoms with Gasteiger partial charge in [-0.1, -0.05) is 6.92 Å². The van der Waals surface area contributed by atoms with E-state index in [4.69, 9.17) is 5.73 Å². The molecule has 1 aromatic rings. The van der Waals surface area contributed by atoms with E-state index in [1.807, 2.05) is 19.1 Å². The summed E-state index contributed by atoms with van der Waals surface area (Å²) < 4.78 is 0. The Morgan fingerprint density at radius 3 is 2.79 bits per heavy atom. The lowest BCUT2D eigenvalue weighted by molar-refractivity contribution is 0.609. The summed E-state index contributed by atoms with van der Waals surface area (Å²) in [4.78, 5) is 4.37. The molecule has 0 unspecified atom stereocenters. The SMILES string of the molecule is Cc1nc(NCC2(C)CC2)ccc1N. The molecule has 0 radical (unpaired) electrons. The summed E-state index contributed by atoms with van der Waals surface area (Å²) in [7, 11) is 0. The number of rotatable bonds is 3. The van der Waals surface area contributed by atoms with Crippen molar-refractivity contribution in [2.45, 2.75) is 26.7 Å². The third kappa shape index (κ3) is 1.97. The number of hydrogen-bond acceptors (Lipinski definition) is 3. The number of pyridine rings is 1. The van der Waals surface area contributed by atoms with Crippen LogP contribution in [-0.4, -0.2) is 11.5 Å². The smallest absolute Gasteiger partial charge is 0.126 e. The molecule has 0 aromatic carbocycles. The molecular weight excluding hydrogens is 174 g/mol. The number of hydrogen-bond donors (Lipinski definition) is 2. The number of nitrogens with two attached hydrogens (primary N) is 1. The van der Waals surface area contributed by atoms with Gasteiger partial charge < -0.3 is 11.1 Å². The van der Waals surface area contributed by atoms with Gasteiger partial charge in [0.25, 0.3) is 0 Å². The minimum atomic E-state index is 0.511. The summed E-state index contributed by atoms with van der Waals surface area (Å²) >= 11 is 0. The molecule has 0 saturated heterocycles. The highest BCUT2D eigenvalue weighted by Gasteiger charge is 2.36. The van der Waals surface area contributed by atoms with Crippen LogP contribution in [0.3, 0.4) is 0 Å². The molecule has 3 heteroatoms. The Labute approximate surface area is 84.7 Å². The van der Waals surface area contributed by atoms with Gasteiger partial charge >= 0.3 is 0 Å². The van der Waals surface area contributed by atoms with Crippen LogP contribution in [-0.2, 0) is 0 Å². The van der Waals surface area contributed by atoms with Crippen molar-refractivity contribution in [3.05, 3.63) is 17.8 Å². The quantitative estimate of drug-likeness (QED) is 0.770. The van der Waals surface area contributed by atoms with Crippen LogP contribution in [0.25, 0.3) is 0 Å². The van der Waals surface area contributed by atoms with Gasteiger partial charge in [-0.25, -0.2) is 4.98 Å². The van der Waals surface area contributed by atoms with Crippen LogP contribution < -0.4 is 11.1 Å². The van der Waals surface area contributed by atoms with Gasteiger partial charge in [-0.05, 0) is 37.3 Å². The van der Waals surface area contributed by atoms with Gasteiger partial charge in [0.15, 0.2) is 0 Å². The minimum Gasteiger partial charge on any atom is -0.397 e. The van der Waals surface area contributed by atoms with Gasteiger partial charge in [0, 0.05) is 6.54 Å². The van der Waals surface area contributed by atoms with Gasteiger partial charge in [-0.2, -0.15) is 0 Å². The van der Waals surface area contributed by atoms with Crippen LogP contribution in [0.4, 0.5) is 11.5 Å². The molecule has 0 spiro atoms. The molecule has 1 aliphatic rings. The van der Waals surface area contributed by atoms with Gasteiger partial charge in [-0.15, -0.1) is 0 Å². The first-order valence-electron chi connectivity index (χ1n) is 5.06. The average molecular weight is 191 g/mol. The van der Waals surface area contributed by atoms with Crippen LogP contribution >= 0.6 is 0 Å². The van der Waals surface area contributed by atoms with Gasteiger partial charge in [-0.3, -0.25) is 0 Å². The van der Waals surface area contributed by atoms with Crippen LogP contribution in [0, 0.1) is 12.3 Å². The minimum absolute atomic E-state index is 0.511. The summed E-state index contributed by atoms with van der Waals surface area (Å²) in [5.74, 6) is 0.935. The van der Waals surface area contributed by atoms with Gasteiger partial charge in [0.2, 0.25) is 0 Å². The number of nitrogens with one attached hydrogen (secondary N) is 1. The zero-order valence-corrected chi connectivity index (χ0v) is 8.80. The Bertz CT molecular complexity index is 342. The second-order valence-corrected chi connectivity index (χ2v) is 4.54. The fourth-order valence-corrected chi connectivity index (χ4v) is 1.36. The van der Waals surface area contributed by atoms with E-state index < -0.39 is 0 Å². The standard InChI is InChI=1S/C11H17N3/c1-8-9(12)3-4-10(14-8)13-7-11(2)5-6-11/h3-4H,5-7,12H2,1-2H3,(H,13,14). The summed E-state index contributed by atoms with van der Waals surface area (Å²) in [5.41, 5.74) is 7.86. The number of aromatic nitrogens is 1. The fraction of sp³-hybridized carbons (Fsp3) is 0.545. The molecule has 1 saturated carbocycles. The third-order valence-corrected chi connectivity index (χ3v) is 2.93. The monoisotopic (exact) mass is 191 g/mol. The lowest BCUT2D eigenvalue weighted by atomic mass is 10.1. The molecular formula is C11H17N3. The van der Waals surface area contributed by atoms with Crippen molar-refractivity contribution in [3.8, 4) is 0 Å². The van der Waals surface area contributed by atoms with Crippen molar-refractivity contribution >= 4 is 11.5 Å². The molecule has 3 nitrogen and oxygen atoms in total. The topological polar surface area (TPSA) is 50.9 Å². The largest absolute Gasteiger partial charge is 0.397 e. The van der Waals surface area contributed by atoms with Crippen molar-refractivity contribution in [1.82, 2.24) is 4.98 Å². The first-order valence-corrected chi connectivity index (χ1v) is 5.06. The Morgan fingerprint density at radius 2 is 2.21 bits per heavy atom. The first-order chi connectivity index (χ1) is 6.59. The van der Waals surface area contributed by atoms with E-state index in [1.165, 1.54) is 12.8 Å². The Morgan fingerprint density at radius 1 is 1.50 bits per heavy atom. The van der Waals surface area contributed by atoms with E-state index in [0.717, 1.165) is 23.7 Å². The molecule has 2 rings (SSSR count). The highest BCUT2D eigenvalue weighted by atomic mass is 15.0. The van der Waals surface area contributed by atoms with Crippen molar-refractivity contribution < 1.29 is 0 Å². The van der Waals surface area contributed by atoms with E-state index in [0.29, 0.717) is 5.41 Å². The zero-order chi connectivity index (χ0) is 10.2. The van der Waals surface area contributed by atoms with Crippen molar-refractivity contribution in [1.29, 1.82) is 0 Å². The molecule has 3 N–H and O–H groups in total. The molecule has 1 heterocycles. The Kier molecular flexibility index (Phi) is 2.10. The first kappa shape index (κ1) is 9.31. The molecule has 76 valence electrons. The van der Waals surface area contributed by atoms with E-state index in [9.17, 15) is 0 Å². The van der Waals surface area contributed by atoms with Crippen LogP contribution in [0.5, 0.6) is 0 Å². The van der Waals surface area contributed by atoms with Gasteiger partial charge in [0.1, 0.15) is 5.82 Å². The predicted molar refractivity (Wildman–Crippen MR) is 59.2 cm³/mol. The van der Waals surface area contributed by atoms with Gasteiger partial charge in [0.05, 0.1) is 11.4 Å². The van der Waals surface area contributed by atoms with E-state index in [1.54, 1.807) is 0 Å². The molecule has 0 aliphatic heterocycles. The number of aryl methyl sites for hydroxylation is 1. The zero-order valence-electron chi connectivity index (χ0n) is 8.80. The summed E-state index contributed by atoms with van der Waals surface area (Å²) in [5, 5.41) is 3.35. The summed E-state index contributed by atoms with van der Waals surface area (Å²) in [6, 6.07) is 3.84. The molecule has 0 amide bonds. The lowest BCUT2D eigenvalue weighted by Gasteiger charge is -2.11. The highest BCUT2D eigenvalue weighted by molar-refractivity contribution is 5.49. The second-order valence-electron chi connectivity index (χ2n) is 4.54. The maximum absolute atomic E-state index is 5.69. The molecule has 1 aromatic heterocycles. The third-order valence-electron chi connectivity index (χ3n) is 2.93. The van der Waals surface area contributed by atoms with E-state index >= 15 is 0 Å². The maximum Gasteiger partial charge on any atom is 0.126 e. The average Bonchev–Trinajstić information content (AvgIpc) is 2.87. The Hall–Kier alpha value is -1.25. The predicted octanol–water partition coefficient (Wildman–Crippen LogP) is 2.18. The van der Waals surface area contributed by atoms with Crippen LogP contribution in [0.15, 0.2) is 12.1 Å². The molecule has 1 aliphatic carbocycles.